The second-order valence-corrected chi connectivity index (χ2v) is 11.2. The van der Waals surface area contributed by atoms with Crippen LogP contribution in [0.5, 0.6) is 0 Å². The lowest BCUT2D eigenvalue weighted by atomic mass is 9.93. The Morgan fingerprint density at radius 3 is 1.98 bits per heavy atom. The van der Waals surface area contributed by atoms with Crippen LogP contribution >= 0.6 is 0 Å². The van der Waals surface area contributed by atoms with Gasteiger partial charge in [-0.1, -0.05) is 127 Å². The summed E-state index contributed by atoms with van der Waals surface area (Å²) < 4.78 is 67.9. The van der Waals surface area contributed by atoms with E-state index in [4.69, 9.17) is 11.3 Å². The summed E-state index contributed by atoms with van der Waals surface area (Å²) in [6, 6.07) is 41.5. The first-order chi connectivity index (χ1) is 25.7. The van der Waals surface area contributed by atoms with E-state index in [1.807, 2.05) is 84.9 Å². The molecule has 2 nitrogen and oxygen atoms in total. The van der Waals surface area contributed by atoms with Gasteiger partial charge in [0, 0.05) is 22.1 Å². The summed E-state index contributed by atoms with van der Waals surface area (Å²) in [7, 11) is 0. The van der Waals surface area contributed by atoms with Crippen LogP contribution in [0.2, 0.25) is 0 Å². The van der Waals surface area contributed by atoms with Crippen molar-refractivity contribution in [1.29, 1.82) is 0 Å². The van der Waals surface area contributed by atoms with Crippen LogP contribution in [0.1, 0.15) is 9.60 Å². The van der Waals surface area contributed by atoms with Crippen LogP contribution in [0, 0.1) is 0 Å². The summed E-state index contributed by atoms with van der Waals surface area (Å²) in [6.07, 6.45) is 0. The van der Waals surface area contributed by atoms with E-state index in [9.17, 15) is 2.74 Å². The Morgan fingerprint density at radius 1 is 0.500 bits per heavy atom. The third-order valence-electron chi connectivity index (χ3n) is 8.49. The molecule has 0 bridgehead atoms. The summed E-state index contributed by atoms with van der Waals surface area (Å²) in [5.41, 5.74) is 6.84. The fourth-order valence-electron chi connectivity index (χ4n) is 6.38. The van der Waals surface area contributed by atoms with Crippen LogP contribution in [-0.2, 0) is 0 Å². The summed E-state index contributed by atoms with van der Waals surface area (Å²) in [6.45, 7) is 0. The van der Waals surface area contributed by atoms with Gasteiger partial charge in [-0.3, -0.25) is 0 Å². The number of para-hydroxylation sites is 1. The maximum absolute atomic E-state index is 9.36. The standard InChI is InChI=1S/C44H29NO/c1-3-12-30(13-4-1)32-24-26-36(27-25-32)45(35-16-5-2-6-17-35)41-20-11-21-42-43(41)40-29-39(37-18-9-10-19-38(37)44(40)46-42)34-23-22-31-14-7-8-15-33(31)28-34/h1-29H/i7D,8D,14D,15D,22D,23D,28D. The fraction of sp³-hybridized carbons (Fsp3) is 0. The smallest absolute Gasteiger partial charge is 0.143 e. The van der Waals surface area contributed by atoms with E-state index in [0.717, 1.165) is 44.3 Å². The largest absolute Gasteiger partial charge is 0.455 e. The molecule has 0 aliphatic rings. The topological polar surface area (TPSA) is 16.4 Å². The highest BCUT2D eigenvalue weighted by Gasteiger charge is 2.21. The SMILES string of the molecule is [2H]c1c([2H])c([2H])c2c([2H])c(-c3cc4c(oc5cccc(N(c6ccccc6)c6ccc(-c7ccccc7)cc6)c54)c4ccccc34)c([2H])c([2H])c2c1[2H]. The highest BCUT2D eigenvalue weighted by molar-refractivity contribution is 6.22. The van der Waals surface area contributed by atoms with Crippen molar-refractivity contribution in [2.45, 2.75) is 0 Å². The molecule has 0 unspecified atom stereocenters. The molecule has 8 aromatic carbocycles. The normalized spacial score (nSPS) is 13.6. The lowest BCUT2D eigenvalue weighted by Crippen LogP contribution is -2.10. The summed E-state index contributed by atoms with van der Waals surface area (Å²) in [5, 5.41) is 2.79. The highest BCUT2D eigenvalue weighted by atomic mass is 16.3. The number of rotatable bonds is 5. The lowest BCUT2D eigenvalue weighted by molar-refractivity contribution is 0.672. The Labute approximate surface area is 277 Å². The molecule has 0 fully saturated rings. The predicted octanol–water partition coefficient (Wildman–Crippen LogP) is 12.7. The predicted molar refractivity (Wildman–Crippen MR) is 194 cm³/mol. The Balaban J connectivity index is 1.35. The monoisotopic (exact) mass is 594 g/mol. The second-order valence-electron chi connectivity index (χ2n) is 11.2. The minimum atomic E-state index is -0.496. The van der Waals surface area contributed by atoms with Crippen molar-refractivity contribution in [3.63, 3.8) is 0 Å². The van der Waals surface area contributed by atoms with E-state index in [-0.39, 0.29) is 34.5 Å². The van der Waals surface area contributed by atoms with Crippen molar-refractivity contribution in [3.05, 3.63) is 176 Å². The number of hydrogen-bond donors (Lipinski definition) is 0. The fourth-order valence-corrected chi connectivity index (χ4v) is 6.38. The minimum absolute atomic E-state index is 0.0804. The van der Waals surface area contributed by atoms with Crippen molar-refractivity contribution in [1.82, 2.24) is 0 Å². The van der Waals surface area contributed by atoms with Crippen molar-refractivity contribution in [2.24, 2.45) is 0 Å². The average molecular weight is 595 g/mol. The van der Waals surface area contributed by atoms with Gasteiger partial charge in [0.15, 0.2) is 0 Å². The van der Waals surface area contributed by atoms with Gasteiger partial charge in [0.2, 0.25) is 0 Å². The Hall–Kier alpha value is -6.12. The van der Waals surface area contributed by atoms with Gasteiger partial charge in [-0.15, -0.1) is 0 Å². The molecule has 1 heterocycles. The van der Waals surface area contributed by atoms with E-state index in [1.54, 1.807) is 0 Å². The molecule has 9 aromatic rings. The van der Waals surface area contributed by atoms with Crippen LogP contribution in [0.3, 0.4) is 0 Å². The number of anilines is 3. The molecule has 0 saturated heterocycles. The van der Waals surface area contributed by atoms with E-state index in [2.05, 4.69) is 53.4 Å². The molecular formula is C44H29NO. The quantitative estimate of drug-likeness (QED) is 0.197. The molecule has 0 atom stereocenters. The van der Waals surface area contributed by atoms with Gasteiger partial charge in [-0.05, 0) is 86.9 Å². The van der Waals surface area contributed by atoms with Gasteiger partial charge in [0.25, 0.3) is 0 Å². The van der Waals surface area contributed by atoms with E-state index >= 15 is 0 Å². The summed E-state index contributed by atoms with van der Waals surface area (Å²) in [5.74, 6) is 0. The molecule has 0 aliphatic heterocycles. The van der Waals surface area contributed by atoms with Gasteiger partial charge in [-0.2, -0.15) is 0 Å². The summed E-state index contributed by atoms with van der Waals surface area (Å²) >= 11 is 0. The first-order valence-corrected chi connectivity index (χ1v) is 15.1. The summed E-state index contributed by atoms with van der Waals surface area (Å²) in [4.78, 5) is 2.18. The van der Waals surface area contributed by atoms with Gasteiger partial charge in [0.1, 0.15) is 11.2 Å². The molecule has 0 saturated carbocycles. The Kier molecular flexibility index (Phi) is 4.70. The molecule has 1 aromatic heterocycles. The number of hydrogen-bond acceptors (Lipinski definition) is 2. The van der Waals surface area contributed by atoms with Crippen molar-refractivity contribution in [2.75, 3.05) is 4.90 Å². The maximum atomic E-state index is 9.36. The zero-order chi connectivity index (χ0) is 36.5. The lowest BCUT2D eigenvalue weighted by Gasteiger charge is -2.26. The molecule has 0 radical (unpaired) electrons. The molecule has 0 aliphatic carbocycles. The van der Waals surface area contributed by atoms with Crippen LogP contribution in [0.25, 0.3) is 65.7 Å². The minimum Gasteiger partial charge on any atom is -0.455 e. The van der Waals surface area contributed by atoms with Crippen LogP contribution in [0.4, 0.5) is 17.1 Å². The van der Waals surface area contributed by atoms with Crippen LogP contribution in [-0.4, -0.2) is 0 Å². The number of fused-ring (bicyclic) bond motifs is 6. The first kappa shape index (κ1) is 20.0. The highest BCUT2D eigenvalue weighted by Crippen LogP contribution is 2.46. The van der Waals surface area contributed by atoms with Gasteiger partial charge in [0.05, 0.1) is 20.7 Å². The second kappa shape index (κ2) is 10.8. The molecule has 0 spiro atoms. The Bertz CT molecular complexity index is 2910. The Morgan fingerprint density at radius 2 is 1.17 bits per heavy atom. The molecule has 0 amide bonds. The molecule has 216 valence electrons. The number of nitrogens with zero attached hydrogens (tertiary/aromatic N) is 1. The van der Waals surface area contributed by atoms with Crippen molar-refractivity contribution >= 4 is 60.5 Å². The molecule has 2 heteroatoms. The van der Waals surface area contributed by atoms with Gasteiger partial charge < -0.3 is 9.32 Å². The van der Waals surface area contributed by atoms with Crippen LogP contribution < -0.4 is 4.90 Å². The van der Waals surface area contributed by atoms with E-state index < -0.39 is 24.2 Å². The van der Waals surface area contributed by atoms with Crippen molar-refractivity contribution < 1.29 is 14.0 Å². The molecule has 9 rings (SSSR count). The van der Waals surface area contributed by atoms with Gasteiger partial charge in [-0.25, -0.2) is 0 Å². The zero-order valence-electron chi connectivity index (χ0n) is 31.6. The van der Waals surface area contributed by atoms with Crippen LogP contribution in [0.15, 0.2) is 180 Å². The van der Waals surface area contributed by atoms with Gasteiger partial charge >= 0.3 is 0 Å². The number of benzene rings is 8. The van der Waals surface area contributed by atoms with E-state index in [0.29, 0.717) is 22.1 Å². The molecule has 0 N–H and O–H groups in total. The maximum Gasteiger partial charge on any atom is 0.143 e. The molecule has 46 heavy (non-hydrogen) atoms. The first-order valence-electron chi connectivity index (χ1n) is 18.6. The zero-order valence-corrected chi connectivity index (χ0v) is 24.6. The average Bonchev–Trinajstić information content (AvgIpc) is 3.58. The third-order valence-corrected chi connectivity index (χ3v) is 8.49. The third kappa shape index (κ3) is 4.35. The van der Waals surface area contributed by atoms with E-state index in [1.165, 1.54) is 0 Å². The molecular weight excluding hydrogens is 558 g/mol. The van der Waals surface area contributed by atoms with Crippen molar-refractivity contribution in [3.8, 4) is 22.3 Å². The number of furan rings is 1.